The van der Waals surface area contributed by atoms with E-state index >= 15 is 0 Å². The quantitative estimate of drug-likeness (QED) is 0.499. The molecule has 1 aromatic rings. The van der Waals surface area contributed by atoms with E-state index < -0.39 is 30.1 Å². The van der Waals surface area contributed by atoms with Crippen LogP contribution in [0.25, 0.3) is 0 Å². The zero-order chi connectivity index (χ0) is 21.3. The summed E-state index contributed by atoms with van der Waals surface area (Å²) in [5.41, 5.74) is -0.411. The molecule has 156 valence electrons. The van der Waals surface area contributed by atoms with Gasteiger partial charge in [0.2, 0.25) is 0 Å². The molecule has 9 heteroatoms. The smallest absolute Gasteiger partial charge is 0.338 e. The highest BCUT2D eigenvalue weighted by molar-refractivity contribution is 6.32. The fraction of sp³-hybridized carbons (Fsp3) is 0.526. The lowest BCUT2D eigenvalue weighted by molar-refractivity contribution is -0.123. The van der Waals surface area contributed by atoms with Gasteiger partial charge in [-0.3, -0.25) is 10.1 Å². The number of hydrogen-bond acceptors (Lipinski definition) is 6. The Morgan fingerprint density at radius 3 is 2.43 bits per heavy atom. The number of rotatable bonds is 8. The molecule has 0 aliphatic rings. The third kappa shape index (κ3) is 8.04. The first-order valence-corrected chi connectivity index (χ1v) is 9.24. The van der Waals surface area contributed by atoms with Gasteiger partial charge in [-0.05, 0) is 39.3 Å². The van der Waals surface area contributed by atoms with Crippen molar-refractivity contribution in [3.05, 3.63) is 22.7 Å². The summed E-state index contributed by atoms with van der Waals surface area (Å²) < 4.78 is 15.7. The van der Waals surface area contributed by atoms with Gasteiger partial charge in [0.15, 0.2) is 18.1 Å². The van der Waals surface area contributed by atoms with Gasteiger partial charge < -0.3 is 19.5 Å². The van der Waals surface area contributed by atoms with E-state index in [1.807, 2.05) is 6.92 Å². The van der Waals surface area contributed by atoms with Crippen molar-refractivity contribution in [1.29, 1.82) is 0 Å². The van der Waals surface area contributed by atoms with Gasteiger partial charge in [-0.15, -0.1) is 0 Å². The van der Waals surface area contributed by atoms with Crippen LogP contribution in [0.1, 0.15) is 50.9 Å². The van der Waals surface area contributed by atoms with Crippen LogP contribution in [0.3, 0.4) is 0 Å². The Hall–Kier alpha value is -2.48. The number of carbonyl (C=O) groups excluding carboxylic acids is 3. The molecule has 2 N–H and O–H groups in total. The van der Waals surface area contributed by atoms with Gasteiger partial charge in [0, 0.05) is 5.54 Å². The Morgan fingerprint density at radius 2 is 1.86 bits per heavy atom. The van der Waals surface area contributed by atoms with E-state index in [0.717, 1.165) is 12.8 Å². The number of imide groups is 1. The Bertz CT molecular complexity index is 715. The van der Waals surface area contributed by atoms with Gasteiger partial charge >= 0.3 is 12.0 Å². The summed E-state index contributed by atoms with van der Waals surface area (Å²) >= 11 is 6.18. The van der Waals surface area contributed by atoms with E-state index in [0.29, 0.717) is 12.4 Å². The van der Waals surface area contributed by atoms with Gasteiger partial charge in [0.05, 0.1) is 24.3 Å². The molecule has 0 heterocycles. The molecule has 0 fully saturated rings. The third-order valence-electron chi connectivity index (χ3n) is 3.29. The Balaban J connectivity index is 2.70. The summed E-state index contributed by atoms with van der Waals surface area (Å²) in [6.07, 6.45) is 1.81. The van der Waals surface area contributed by atoms with E-state index in [-0.39, 0.29) is 16.3 Å². The predicted octanol–water partition coefficient (Wildman–Crippen LogP) is 3.31. The number of methoxy groups -OCH3 is 1. The second-order valence-corrected chi connectivity index (χ2v) is 7.43. The molecule has 0 bridgehead atoms. The lowest BCUT2D eigenvalue weighted by atomic mass is 10.1. The average Bonchev–Trinajstić information content (AvgIpc) is 2.58. The molecule has 28 heavy (non-hydrogen) atoms. The van der Waals surface area contributed by atoms with Crippen LogP contribution in [-0.4, -0.2) is 43.8 Å². The minimum absolute atomic E-state index is 0.0941. The number of hydrogen-bond donors (Lipinski definition) is 2. The average molecular weight is 415 g/mol. The fourth-order valence-electron chi connectivity index (χ4n) is 2.05. The van der Waals surface area contributed by atoms with E-state index in [2.05, 4.69) is 10.6 Å². The van der Waals surface area contributed by atoms with Crippen LogP contribution in [0.2, 0.25) is 5.02 Å². The monoisotopic (exact) mass is 414 g/mol. The summed E-state index contributed by atoms with van der Waals surface area (Å²) in [5, 5.41) is 4.83. The van der Waals surface area contributed by atoms with Crippen LogP contribution in [0, 0.1) is 0 Å². The zero-order valence-electron chi connectivity index (χ0n) is 16.8. The molecule has 0 aliphatic heterocycles. The van der Waals surface area contributed by atoms with Crippen molar-refractivity contribution in [1.82, 2.24) is 10.6 Å². The van der Waals surface area contributed by atoms with Gasteiger partial charge in [0.1, 0.15) is 0 Å². The molecule has 8 nitrogen and oxygen atoms in total. The molecule has 0 saturated carbocycles. The number of halogens is 1. The first-order chi connectivity index (χ1) is 13.1. The molecule has 0 aliphatic carbocycles. The van der Waals surface area contributed by atoms with Crippen LogP contribution < -0.4 is 20.1 Å². The molecule has 1 rings (SSSR count). The number of ether oxygens (including phenoxy) is 3. The molecule has 1 aromatic carbocycles. The zero-order valence-corrected chi connectivity index (χ0v) is 17.6. The summed E-state index contributed by atoms with van der Waals surface area (Å²) in [4.78, 5) is 35.6. The molecule has 0 unspecified atom stereocenters. The first kappa shape index (κ1) is 23.6. The number of esters is 1. The van der Waals surface area contributed by atoms with Crippen LogP contribution in [0.4, 0.5) is 4.79 Å². The molecule has 0 radical (unpaired) electrons. The Labute approximate surface area is 169 Å². The lowest BCUT2D eigenvalue weighted by Crippen LogP contribution is -2.49. The standard InChI is InChI=1S/C19H27ClN2O6/c1-6-7-8-27-16-13(20)9-12(10-14(16)26-5)17(24)28-11-15(23)21-18(25)22-19(2,3)4/h9-10H,6-8,11H2,1-5H3,(H2,21,22,23,25). The van der Waals surface area contributed by atoms with Crippen LogP contribution in [0.5, 0.6) is 11.5 Å². The van der Waals surface area contributed by atoms with Gasteiger partial charge in [-0.2, -0.15) is 0 Å². The van der Waals surface area contributed by atoms with Gasteiger partial charge in [0.25, 0.3) is 5.91 Å². The molecular formula is C19H27ClN2O6. The van der Waals surface area contributed by atoms with Crippen molar-refractivity contribution in [2.24, 2.45) is 0 Å². The van der Waals surface area contributed by atoms with E-state index in [1.54, 1.807) is 20.8 Å². The molecule has 0 aromatic heterocycles. The van der Waals surface area contributed by atoms with Crippen molar-refractivity contribution in [2.45, 2.75) is 46.1 Å². The van der Waals surface area contributed by atoms with E-state index in [9.17, 15) is 14.4 Å². The fourth-order valence-corrected chi connectivity index (χ4v) is 2.31. The summed E-state index contributed by atoms with van der Waals surface area (Å²) in [6.45, 7) is 7.18. The van der Waals surface area contributed by atoms with Gasteiger partial charge in [-0.1, -0.05) is 24.9 Å². The van der Waals surface area contributed by atoms with Crippen LogP contribution >= 0.6 is 11.6 Å². The summed E-state index contributed by atoms with van der Waals surface area (Å²) in [5.74, 6) is -0.922. The molecular weight excluding hydrogens is 388 g/mol. The second kappa shape index (κ2) is 10.8. The first-order valence-electron chi connectivity index (χ1n) is 8.86. The van der Waals surface area contributed by atoms with Crippen LogP contribution in [0.15, 0.2) is 12.1 Å². The van der Waals surface area contributed by atoms with Crippen LogP contribution in [-0.2, 0) is 9.53 Å². The van der Waals surface area contributed by atoms with Gasteiger partial charge in [-0.25, -0.2) is 9.59 Å². The Kier molecular flexibility index (Phi) is 9.05. The highest BCUT2D eigenvalue weighted by Gasteiger charge is 2.19. The lowest BCUT2D eigenvalue weighted by Gasteiger charge is -2.20. The van der Waals surface area contributed by atoms with Crippen molar-refractivity contribution in [3.63, 3.8) is 0 Å². The predicted molar refractivity (Wildman–Crippen MR) is 105 cm³/mol. The van der Waals surface area contributed by atoms with Crippen molar-refractivity contribution in [3.8, 4) is 11.5 Å². The third-order valence-corrected chi connectivity index (χ3v) is 3.57. The minimum Gasteiger partial charge on any atom is -0.493 e. The maximum atomic E-state index is 12.2. The highest BCUT2D eigenvalue weighted by atomic mass is 35.5. The second-order valence-electron chi connectivity index (χ2n) is 7.02. The molecule has 0 spiro atoms. The number of urea groups is 1. The van der Waals surface area contributed by atoms with Crippen molar-refractivity contribution >= 4 is 29.5 Å². The molecule has 3 amide bonds. The normalized spacial score (nSPS) is 10.8. The van der Waals surface area contributed by atoms with E-state index in [4.69, 9.17) is 25.8 Å². The topological polar surface area (TPSA) is 103 Å². The maximum Gasteiger partial charge on any atom is 0.338 e. The van der Waals surface area contributed by atoms with E-state index in [1.165, 1.54) is 19.2 Å². The largest absolute Gasteiger partial charge is 0.493 e. The number of benzene rings is 1. The number of unbranched alkanes of at least 4 members (excludes halogenated alkanes) is 1. The molecule has 0 saturated heterocycles. The maximum absolute atomic E-state index is 12.2. The van der Waals surface area contributed by atoms with Crippen molar-refractivity contribution < 1.29 is 28.6 Å². The number of amides is 3. The minimum atomic E-state index is -0.785. The molecule has 0 atom stereocenters. The number of carbonyl (C=O) groups is 3. The SMILES string of the molecule is CCCCOc1c(Cl)cc(C(=O)OCC(=O)NC(=O)NC(C)(C)C)cc1OC. The highest BCUT2D eigenvalue weighted by Crippen LogP contribution is 2.36. The Morgan fingerprint density at radius 1 is 1.18 bits per heavy atom. The summed E-state index contributed by atoms with van der Waals surface area (Å²) in [7, 11) is 1.43. The number of nitrogens with one attached hydrogen (secondary N) is 2. The summed E-state index contributed by atoms with van der Waals surface area (Å²) in [6, 6.07) is 2.12. The van der Waals surface area contributed by atoms with Crippen molar-refractivity contribution in [2.75, 3.05) is 20.3 Å².